The first kappa shape index (κ1) is 53.4. The van der Waals surface area contributed by atoms with Crippen LogP contribution in [0.3, 0.4) is 0 Å². The number of allylic oxidation sites excluding steroid dienone is 20. The predicted molar refractivity (Wildman–Crippen MR) is 225 cm³/mol. The molecule has 0 saturated heterocycles. The normalized spacial score (nSPS) is 18.7. The average molecular weight is 764 g/mol. The maximum atomic E-state index is 5.13. The van der Waals surface area contributed by atoms with E-state index in [4.69, 9.17) is 24.4 Å². The second kappa shape index (κ2) is 27.8. The molecule has 0 spiro atoms. The van der Waals surface area contributed by atoms with E-state index in [0.717, 1.165) is 11.1 Å². The zero-order chi connectivity index (χ0) is 36.5. The van der Waals surface area contributed by atoms with Crippen LogP contribution in [0.5, 0.6) is 0 Å². The molecule has 0 bridgehead atoms. The molecule has 0 unspecified atom stereocenters. The van der Waals surface area contributed by atoms with Gasteiger partial charge in [-0.1, -0.05) is 111 Å². The molecule has 2 aliphatic carbocycles. The summed E-state index contributed by atoms with van der Waals surface area (Å²) in [5.74, 6) is 0. The quantitative estimate of drug-likeness (QED) is 0.0951. The number of thiocarbonyl (C=S) groups is 2. The fraction of sp³-hybridized carbons (Fsp3) is 0.429. The zero-order valence-electron chi connectivity index (χ0n) is 34.4. The Morgan fingerprint density at radius 1 is 0.577 bits per heavy atom. The Labute approximate surface area is 393 Å². The van der Waals surface area contributed by atoms with E-state index in [1.807, 2.05) is 50.3 Å². The second-order valence-corrected chi connectivity index (χ2v) is 15.0. The molecular formula is C42H56N5Na3S2. The van der Waals surface area contributed by atoms with Crippen LogP contribution in [0.4, 0.5) is 0 Å². The van der Waals surface area contributed by atoms with Crippen molar-refractivity contribution in [2.45, 2.75) is 108 Å². The summed E-state index contributed by atoms with van der Waals surface area (Å²) in [6, 6.07) is 0. The van der Waals surface area contributed by atoms with Crippen LogP contribution < -0.4 is 88.7 Å². The van der Waals surface area contributed by atoms with Gasteiger partial charge in [-0.2, -0.15) is 10.2 Å². The van der Waals surface area contributed by atoms with E-state index in [0.29, 0.717) is 0 Å². The molecule has 264 valence electrons. The maximum Gasteiger partial charge on any atom is 1.00 e. The van der Waals surface area contributed by atoms with Gasteiger partial charge in [0.25, 0.3) is 0 Å². The molecule has 52 heavy (non-hydrogen) atoms. The van der Waals surface area contributed by atoms with Crippen LogP contribution in [0.1, 0.15) is 108 Å². The van der Waals surface area contributed by atoms with Gasteiger partial charge in [-0.15, -0.1) is 24.4 Å². The molecule has 0 heterocycles. The molecular weight excluding hydrogens is 708 g/mol. The number of hydrogen-bond acceptors (Lipinski definition) is 4. The van der Waals surface area contributed by atoms with E-state index in [1.165, 1.54) is 72.0 Å². The van der Waals surface area contributed by atoms with Crippen LogP contribution >= 0.6 is 24.4 Å². The van der Waals surface area contributed by atoms with Gasteiger partial charge in [0.1, 0.15) is 0 Å². The Balaban J connectivity index is 0. The first-order chi connectivity index (χ1) is 23.1. The van der Waals surface area contributed by atoms with Crippen LogP contribution in [0.2, 0.25) is 0 Å². The van der Waals surface area contributed by atoms with Gasteiger partial charge in [0.15, 0.2) is 0 Å². The van der Waals surface area contributed by atoms with Crippen LogP contribution in [0.25, 0.3) is 16.2 Å². The molecule has 0 aromatic rings. The van der Waals surface area contributed by atoms with Crippen molar-refractivity contribution in [1.82, 2.24) is 0 Å². The van der Waals surface area contributed by atoms with Crippen molar-refractivity contribution in [2.24, 2.45) is 21.0 Å². The Bertz CT molecular complexity index is 1460. The monoisotopic (exact) mass is 763 g/mol. The Kier molecular flexibility index (Phi) is 28.6. The van der Waals surface area contributed by atoms with Crippen molar-refractivity contribution in [3.8, 4) is 0 Å². The molecule has 0 aliphatic heterocycles. The summed E-state index contributed by atoms with van der Waals surface area (Å²) >= 11 is 10.3. The fourth-order valence-electron chi connectivity index (χ4n) is 5.97. The van der Waals surface area contributed by atoms with Gasteiger partial charge in [0.2, 0.25) is 0 Å². The Morgan fingerprint density at radius 3 is 1.27 bits per heavy atom. The predicted octanol–water partition coefficient (Wildman–Crippen LogP) is 4.72. The van der Waals surface area contributed by atoms with Gasteiger partial charge in [0.05, 0.1) is 0 Å². The average Bonchev–Trinajstić information content (AvgIpc) is 3.00. The second-order valence-electron chi connectivity index (χ2n) is 14.3. The third-order valence-electron chi connectivity index (χ3n) is 8.83. The van der Waals surface area contributed by atoms with Crippen LogP contribution in [0, 0.1) is 10.8 Å². The molecule has 0 radical (unpaired) electrons. The van der Waals surface area contributed by atoms with Gasteiger partial charge in [-0.25, -0.2) is 0 Å². The summed E-state index contributed by atoms with van der Waals surface area (Å²) in [6.45, 7) is 22.1. The molecule has 0 aromatic carbocycles. The van der Waals surface area contributed by atoms with Crippen molar-refractivity contribution < 1.29 is 88.7 Å². The van der Waals surface area contributed by atoms with E-state index >= 15 is 0 Å². The van der Waals surface area contributed by atoms with E-state index < -0.39 is 0 Å². The molecule has 0 atom stereocenters. The van der Waals surface area contributed by atoms with Crippen LogP contribution in [-0.2, 0) is 0 Å². The maximum absolute atomic E-state index is 5.13. The van der Waals surface area contributed by atoms with Gasteiger partial charge >= 0.3 is 88.7 Å². The summed E-state index contributed by atoms with van der Waals surface area (Å²) in [6.07, 6.45) is 35.6. The van der Waals surface area contributed by atoms with E-state index in [2.05, 4.69) is 118 Å². The van der Waals surface area contributed by atoms with Crippen LogP contribution in [0.15, 0.2) is 128 Å². The fourth-order valence-corrected chi connectivity index (χ4v) is 6.29. The zero-order valence-corrected chi connectivity index (χ0v) is 42.0. The smallest absolute Gasteiger partial charge is 0.676 e. The third-order valence-corrected chi connectivity index (χ3v) is 9.18. The van der Waals surface area contributed by atoms with Crippen molar-refractivity contribution in [3.05, 3.63) is 134 Å². The molecule has 0 aromatic heterocycles. The van der Waals surface area contributed by atoms with Crippen molar-refractivity contribution >= 4 is 47.1 Å². The Morgan fingerprint density at radius 2 is 0.923 bits per heavy atom. The van der Waals surface area contributed by atoms with Crippen LogP contribution in [-0.4, -0.2) is 22.7 Å². The Hall–Kier alpha value is -0.680. The summed E-state index contributed by atoms with van der Waals surface area (Å²) in [5.41, 5.74) is 18.7. The summed E-state index contributed by atoms with van der Waals surface area (Å²) in [4.78, 5) is 0. The van der Waals surface area contributed by atoms with Crippen molar-refractivity contribution in [1.29, 1.82) is 0 Å². The standard InChI is InChI=1S/C42H58N5S2.3Na/c1-31(21-23-37-35(5)19-13-27-41(37,7)8)15-11-17-33(3)25-29-43-46-39(48)45-40(49)47-44-30-26-34(4)18-12-16-32(2)22-24-38-36(6)20-14-28-42(38,9)10;;;/h11-12,15-18,21-26,29-30H,13-14,19-20,27-28H2,1-10H3,(H2-,45,46,47,48,49);;;/q-1;3*+1/p-2/b17-11+,18-12+,23-21+,24-22+,31-15-,32-16-,33-25-,34-26-,43-29+,44-30+;;;. The SMILES string of the molecule is CC1=C(/C=C/C(C)=C\C=C\C(C)=C/C=N/[N-]C(=S)[N-]C(=S)[N-]/N=C/C=C(C)\C=C\C=C(C)/C=C/C2=C(C)CCCC2(C)C)C(C)(C)CCC1.[Na+].[Na+].[Na+]. The van der Waals surface area contributed by atoms with Gasteiger partial charge in [0, 0.05) is 12.4 Å². The summed E-state index contributed by atoms with van der Waals surface area (Å²) in [5, 5.41) is 11.9. The molecule has 10 heteroatoms. The van der Waals surface area contributed by atoms with E-state index in [9.17, 15) is 0 Å². The largest absolute Gasteiger partial charge is 1.00 e. The van der Waals surface area contributed by atoms with Gasteiger partial charge in [-0.3, -0.25) is 0 Å². The first-order valence-electron chi connectivity index (χ1n) is 17.2. The van der Waals surface area contributed by atoms with Crippen molar-refractivity contribution in [2.75, 3.05) is 0 Å². The minimum atomic E-state index is -0.0111. The topological polar surface area (TPSA) is 67.0 Å². The molecule has 0 saturated carbocycles. The van der Waals surface area contributed by atoms with E-state index in [1.54, 1.807) is 12.4 Å². The third kappa shape index (κ3) is 21.4. The molecule has 5 nitrogen and oxygen atoms in total. The molecule has 0 N–H and O–H groups in total. The van der Waals surface area contributed by atoms with Gasteiger partial charge < -0.3 is 26.4 Å². The first-order valence-corrected chi connectivity index (χ1v) is 18.0. The minimum Gasteiger partial charge on any atom is -0.676 e. The number of hydrogen-bond donors (Lipinski definition) is 0. The minimum absolute atomic E-state index is 0. The molecule has 0 amide bonds. The summed E-state index contributed by atoms with van der Waals surface area (Å²) in [7, 11) is 0. The molecule has 2 rings (SSSR count). The molecule has 2 aliphatic rings. The number of nitrogens with zero attached hydrogens (tertiary/aromatic N) is 5. The summed E-state index contributed by atoms with van der Waals surface area (Å²) < 4.78 is 0. The number of rotatable bonds is 12. The van der Waals surface area contributed by atoms with E-state index in [-0.39, 0.29) is 110 Å². The van der Waals surface area contributed by atoms with Gasteiger partial charge in [-0.05, 0) is 125 Å². The molecule has 0 fully saturated rings. The van der Waals surface area contributed by atoms with Crippen molar-refractivity contribution in [3.63, 3.8) is 0 Å².